The first-order valence-corrected chi connectivity index (χ1v) is 7.14. The van der Waals surface area contributed by atoms with Crippen LogP contribution in [0.2, 0.25) is 0 Å². The van der Waals surface area contributed by atoms with Crippen LogP contribution in [0.4, 0.5) is 0 Å². The molecular weight excluding hydrogens is 264 g/mol. The molecule has 19 heavy (non-hydrogen) atoms. The highest BCUT2D eigenvalue weighted by Crippen LogP contribution is 2.27. The largest absolute Gasteiger partial charge is 0.497 e. The highest BCUT2D eigenvalue weighted by Gasteiger charge is 2.30. The topological polar surface area (TPSA) is 73.6 Å². The van der Waals surface area contributed by atoms with Crippen molar-refractivity contribution < 1.29 is 14.3 Å². The minimum atomic E-state index is -0.397. The van der Waals surface area contributed by atoms with Gasteiger partial charge in [-0.05, 0) is 37.1 Å². The monoisotopic (exact) mass is 282 g/mol. The molecule has 1 saturated heterocycles. The number of nitrogens with two attached hydrogens (primary N) is 1. The molecule has 2 atom stereocenters. The van der Waals surface area contributed by atoms with Gasteiger partial charge in [0, 0.05) is 10.6 Å². The molecule has 1 amide bonds. The fraction of sp³-hybridized carbons (Fsp3) is 0.462. The van der Waals surface area contributed by atoms with Gasteiger partial charge in [0.1, 0.15) is 11.9 Å². The third-order valence-electron chi connectivity index (χ3n) is 3.04. The van der Waals surface area contributed by atoms with Crippen molar-refractivity contribution in [2.45, 2.75) is 29.9 Å². The quantitative estimate of drug-likeness (QED) is 0.369. The number of carbonyl (C=O) groups excluding carboxylic acids is 1. The second-order valence-electron chi connectivity index (χ2n) is 4.32. The second-order valence-corrected chi connectivity index (χ2v) is 5.41. The molecule has 0 spiro atoms. The summed E-state index contributed by atoms with van der Waals surface area (Å²) in [6.07, 6.45) is 1.33. The maximum atomic E-state index is 11.3. The van der Waals surface area contributed by atoms with Gasteiger partial charge in [-0.15, -0.1) is 11.8 Å². The van der Waals surface area contributed by atoms with Gasteiger partial charge >= 0.3 is 0 Å². The number of amides is 1. The Bertz CT molecular complexity index is 424. The number of hydrazine groups is 1. The van der Waals surface area contributed by atoms with Crippen molar-refractivity contribution in [1.29, 1.82) is 0 Å². The number of hydrogen-bond donors (Lipinski definition) is 2. The molecular formula is C13H18N2O3S. The molecule has 1 aliphatic heterocycles. The average molecular weight is 282 g/mol. The van der Waals surface area contributed by atoms with E-state index in [1.54, 1.807) is 18.9 Å². The molecule has 0 aromatic heterocycles. The fourth-order valence-corrected chi connectivity index (χ4v) is 2.93. The summed E-state index contributed by atoms with van der Waals surface area (Å²) in [6, 6.07) is 7.90. The Morgan fingerprint density at radius 3 is 2.84 bits per heavy atom. The first-order valence-electron chi connectivity index (χ1n) is 6.15. The van der Waals surface area contributed by atoms with E-state index in [-0.39, 0.29) is 12.0 Å². The number of thioether (sulfide) groups is 1. The Hall–Kier alpha value is -1.24. The number of ether oxygens (including phenoxy) is 2. The number of carbonyl (C=O) groups is 1. The van der Waals surface area contributed by atoms with Gasteiger partial charge in [0.25, 0.3) is 5.91 Å². The first-order chi connectivity index (χ1) is 9.22. The van der Waals surface area contributed by atoms with Gasteiger partial charge in [-0.3, -0.25) is 10.2 Å². The fourth-order valence-electron chi connectivity index (χ4n) is 1.98. The van der Waals surface area contributed by atoms with Crippen molar-refractivity contribution in [3.05, 3.63) is 24.3 Å². The highest BCUT2D eigenvalue weighted by atomic mass is 32.2. The van der Waals surface area contributed by atoms with E-state index in [9.17, 15) is 4.79 Å². The lowest BCUT2D eigenvalue weighted by Crippen LogP contribution is -2.39. The van der Waals surface area contributed by atoms with Gasteiger partial charge in [0.2, 0.25) is 0 Å². The SMILES string of the molecule is COc1ccc(SCC2CCC(C(=O)NN)O2)cc1. The molecule has 104 valence electrons. The molecule has 0 saturated carbocycles. The molecule has 1 fully saturated rings. The summed E-state index contributed by atoms with van der Waals surface area (Å²) in [5, 5.41) is 0. The van der Waals surface area contributed by atoms with Crippen molar-refractivity contribution in [3.63, 3.8) is 0 Å². The van der Waals surface area contributed by atoms with Crippen LogP contribution in [0.15, 0.2) is 29.2 Å². The van der Waals surface area contributed by atoms with Crippen molar-refractivity contribution in [2.75, 3.05) is 12.9 Å². The van der Waals surface area contributed by atoms with E-state index in [0.29, 0.717) is 0 Å². The maximum absolute atomic E-state index is 11.3. The van der Waals surface area contributed by atoms with Crippen molar-refractivity contribution >= 4 is 17.7 Å². The Kier molecular flexibility index (Phi) is 5.07. The lowest BCUT2D eigenvalue weighted by molar-refractivity contribution is -0.131. The van der Waals surface area contributed by atoms with E-state index in [2.05, 4.69) is 5.43 Å². The van der Waals surface area contributed by atoms with E-state index in [4.69, 9.17) is 15.3 Å². The third kappa shape index (κ3) is 3.86. The molecule has 5 nitrogen and oxygen atoms in total. The van der Waals surface area contributed by atoms with Crippen molar-refractivity contribution in [2.24, 2.45) is 5.84 Å². The van der Waals surface area contributed by atoms with Crippen LogP contribution in [0, 0.1) is 0 Å². The Morgan fingerprint density at radius 2 is 2.21 bits per heavy atom. The number of nitrogens with one attached hydrogen (secondary N) is 1. The molecule has 0 bridgehead atoms. The van der Waals surface area contributed by atoms with Crippen LogP contribution in [-0.2, 0) is 9.53 Å². The van der Waals surface area contributed by atoms with Crippen molar-refractivity contribution in [1.82, 2.24) is 5.43 Å². The van der Waals surface area contributed by atoms with Crippen LogP contribution in [0.3, 0.4) is 0 Å². The lowest BCUT2D eigenvalue weighted by Gasteiger charge is -2.12. The summed E-state index contributed by atoms with van der Waals surface area (Å²) in [4.78, 5) is 12.5. The Balaban J connectivity index is 1.78. The Morgan fingerprint density at radius 1 is 1.47 bits per heavy atom. The summed E-state index contributed by atoms with van der Waals surface area (Å²) < 4.78 is 10.8. The van der Waals surface area contributed by atoms with Crippen LogP contribution < -0.4 is 16.0 Å². The van der Waals surface area contributed by atoms with E-state index in [1.807, 2.05) is 24.3 Å². The smallest absolute Gasteiger partial charge is 0.263 e. The predicted octanol–water partition coefficient (Wildman–Crippen LogP) is 1.32. The zero-order valence-corrected chi connectivity index (χ0v) is 11.6. The number of methoxy groups -OCH3 is 1. The summed E-state index contributed by atoms with van der Waals surface area (Å²) in [7, 11) is 1.65. The summed E-state index contributed by atoms with van der Waals surface area (Å²) in [5.74, 6) is 6.54. The van der Waals surface area contributed by atoms with Crippen LogP contribution in [0.1, 0.15) is 12.8 Å². The van der Waals surface area contributed by atoms with Gasteiger partial charge in [0.15, 0.2) is 0 Å². The summed E-state index contributed by atoms with van der Waals surface area (Å²) in [6.45, 7) is 0. The minimum Gasteiger partial charge on any atom is -0.497 e. The van der Waals surface area contributed by atoms with Crippen LogP contribution >= 0.6 is 11.8 Å². The Labute approximate surface area is 116 Å². The average Bonchev–Trinajstić information content (AvgIpc) is 2.93. The van der Waals surface area contributed by atoms with Crippen LogP contribution in [-0.4, -0.2) is 31.0 Å². The van der Waals surface area contributed by atoms with Gasteiger partial charge in [-0.25, -0.2) is 5.84 Å². The molecule has 2 unspecified atom stereocenters. The van der Waals surface area contributed by atoms with Gasteiger partial charge < -0.3 is 9.47 Å². The van der Waals surface area contributed by atoms with Crippen molar-refractivity contribution in [3.8, 4) is 5.75 Å². The molecule has 1 aromatic carbocycles. The van der Waals surface area contributed by atoms with E-state index in [1.165, 1.54) is 0 Å². The minimum absolute atomic E-state index is 0.106. The zero-order valence-electron chi connectivity index (χ0n) is 10.8. The second kappa shape index (κ2) is 6.79. The van der Waals surface area contributed by atoms with E-state index < -0.39 is 6.10 Å². The standard InChI is InChI=1S/C13H18N2O3S/c1-17-9-2-5-11(6-3-9)19-8-10-4-7-12(18-10)13(16)15-14/h2-3,5-6,10,12H,4,7-8,14H2,1H3,(H,15,16). The lowest BCUT2D eigenvalue weighted by atomic mass is 10.2. The van der Waals surface area contributed by atoms with Crippen LogP contribution in [0.5, 0.6) is 5.75 Å². The molecule has 2 rings (SSSR count). The zero-order chi connectivity index (χ0) is 13.7. The summed E-state index contributed by atoms with van der Waals surface area (Å²) >= 11 is 1.71. The van der Waals surface area contributed by atoms with Crippen LogP contribution in [0.25, 0.3) is 0 Å². The molecule has 1 aliphatic rings. The normalized spacial score (nSPS) is 22.2. The van der Waals surface area contributed by atoms with Gasteiger partial charge in [0.05, 0.1) is 13.2 Å². The van der Waals surface area contributed by atoms with Gasteiger partial charge in [-0.2, -0.15) is 0 Å². The molecule has 3 N–H and O–H groups in total. The molecule has 1 aromatic rings. The molecule has 0 aliphatic carbocycles. The third-order valence-corrected chi connectivity index (χ3v) is 4.18. The van der Waals surface area contributed by atoms with E-state index in [0.717, 1.165) is 29.2 Å². The number of benzene rings is 1. The highest BCUT2D eigenvalue weighted by molar-refractivity contribution is 7.99. The van der Waals surface area contributed by atoms with Gasteiger partial charge in [-0.1, -0.05) is 0 Å². The van der Waals surface area contributed by atoms with E-state index >= 15 is 0 Å². The number of rotatable bonds is 5. The molecule has 0 radical (unpaired) electrons. The molecule has 6 heteroatoms. The molecule has 1 heterocycles. The first kappa shape index (κ1) is 14.2. The predicted molar refractivity (Wildman–Crippen MR) is 73.9 cm³/mol. The number of hydrogen-bond acceptors (Lipinski definition) is 5. The maximum Gasteiger partial charge on any atom is 0.263 e. The summed E-state index contributed by atoms with van der Waals surface area (Å²) in [5.41, 5.74) is 2.13.